The molecule has 2 heterocycles. The van der Waals surface area contributed by atoms with Gasteiger partial charge in [-0.3, -0.25) is 19.0 Å². The van der Waals surface area contributed by atoms with Crippen molar-refractivity contribution in [1.82, 2.24) is 14.0 Å². The van der Waals surface area contributed by atoms with E-state index >= 15 is 0 Å². The van der Waals surface area contributed by atoms with Crippen LogP contribution < -0.4 is 21.3 Å². The second kappa shape index (κ2) is 10.2. The second-order valence-electron chi connectivity index (χ2n) is 8.31. The van der Waals surface area contributed by atoms with E-state index < -0.39 is 29.5 Å². The summed E-state index contributed by atoms with van der Waals surface area (Å²) in [6.07, 6.45) is 0. The van der Waals surface area contributed by atoms with Gasteiger partial charge in [0.1, 0.15) is 22.9 Å². The number of halogens is 2. The molecule has 0 unspecified atom stereocenters. The van der Waals surface area contributed by atoms with E-state index in [9.17, 15) is 23.6 Å². The van der Waals surface area contributed by atoms with E-state index in [2.05, 4.69) is 5.32 Å². The molecule has 2 aromatic carbocycles. The summed E-state index contributed by atoms with van der Waals surface area (Å²) in [4.78, 5) is 54.8. The van der Waals surface area contributed by atoms with Crippen molar-refractivity contribution in [2.75, 3.05) is 26.5 Å². The van der Waals surface area contributed by atoms with E-state index in [1.807, 2.05) is 0 Å². The molecule has 0 atom stereocenters. The van der Waals surface area contributed by atoms with E-state index in [4.69, 9.17) is 16.3 Å². The van der Waals surface area contributed by atoms with Crippen LogP contribution in [-0.2, 0) is 11.3 Å². The van der Waals surface area contributed by atoms with Crippen molar-refractivity contribution in [2.24, 2.45) is 0 Å². The largest absolute Gasteiger partial charge is 0.495 e. The fourth-order valence-electron chi connectivity index (χ4n) is 3.82. The normalized spacial score (nSPS) is 11.0. The van der Waals surface area contributed by atoms with Crippen molar-refractivity contribution in [3.05, 3.63) is 84.6 Å². The number of nitrogens with zero attached hydrogens (tertiary/aromatic N) is 3. The van der Waals surface area contributed by atoms with Gasteiger partial charge < -0.3 is 15.0 Å². The maximum absolute atomic E-state index is 13.6. The number of methoxy groups -OCH3 is 1. The number of fused-ring (bicyclic) bond motifs is 1. The van der Waals surface area contributed by atoms with Crippen LogP contribution >= 0.6 is 22.9 Å². The smallest absolute Gasteiger partial charge is 0.337 e. The van der Waals surface area contributed by atoms with Gasteiger partial charge in [-0.15, -0.1) is 11.3 Å². The van der Waals surface area contributed by atoms with Gasteiger partial charge in [0.25, 0.3) is 11.5 Å². The van der Waals surface area contributed by atoms with E-state index in [1.54, 1.807) is 33.2 Å². The van der Waals surface area contributed by atoms with Crippen LogP contribution in [0.3, 0.4) is 0 Å². The average molecular weight is 545 g/mol. The molecule has 0 spiro atoms. The molecule has 37 heavy (non-hydrogen) atoms. The minimum atomic E-state index is -0.817. The zero-order chi connectivity index (χ0) is 27.0. The van der Waals surface area contributed by atoms with Crippen molar-refractivity contribution in [2.45, 2.75) is 13.5 Å². The molecule has 4 rings (SSSR count). The lowest BCUT2D eigenvalue weighted by Gasteiger charge is -2.14. The van der Waals surface area contributed by atoms with Gasteiger partial charge in [0, 0.05) is 19.1 Å². The standard InChI is InChI=1S/C25H22ClFN4O5S/c1-13-20-22(33)31(16-8-6-15(27)7-9-16)25(35)30(24(20)37-21(13)23(34)29(2)3)12-19(32)28-17-11-14(26)5-10-18(17)36-4/h5-11H,12H2,1-4H3,(H,28,32). The molecule has 0 aliphatic carbocycles. The minimum Gasteiger partial charge on any atom is -0.495 e. The average Bonchev–Trinajstić information content (AvgIpc) is 3.19. The quantitative estimate of drug-likeness (QED) is 0.399. The Morgan fingerprint density at radius 1 is 1.14 bits per heavy atom. The number of ether oxygens (including phenoxy) is 1. The first-order chi connectivity index (χ1) is 17.5. The number of rotatable bonds is 6. The van der Waals surface area contributed by atoms with Gasteiger partial charge in [-0.2, -0.15) is 0 Å². The summed E-state index contributed by atoms with van der Waals surface area (Å²) in [5.74, 6) is -1.13. The molecule has 0 aliphatic heterocycles. The third-order valence-corrected chi connectivity index (χ3v) is 7.17. The summed E-state index contributed by atoms with van der Waals surface area (Å²) in [5.41, 5.74) is -0.698. The molecule has 12 heteroatoms. The number of nitrogens with one attached hydrogen (secondary N) is 1. The highest BCUT2D eigenvalue weighted by Gasteiger charge is 2.25. The van der Waals surface area contributed by atoms with E-state index in [0.29, 0.717) is 22.0 Å². The summed E-state index contributed by atoms with van der Waals surface area (Å²) < 4.78 is 20.8. The lowest BCUT2D eigenvalue weighted by molar-refractivity contribution is -0.116. The maximum atomic E-state index is 13.6. The van der Waals surface area contributed by atoms with E-state index in [1.165, 1.54) is 30.2 Å². The van der Waals surface area contributed by atoms with Gasteiger partial charge in [-0.1, -0.05) is 11.6 Å². The summed E-state index contributed by atoms with van der Waals surface area (Å²) in [5, 5.41) is 3.15. The van der Waals surface area contributed by atoms with Crippen molar-refractivity contribution in [3.63, 3.8) is 0 Å². The monoisotopic (exact) mass is 544 g/mol. The Kier molecular flexibility index (Phi) is 7.19. The van der Waals surface area contributed by atoms with Crippen molar-refractivity contribution >= 4 is 50.7 Å². The predicted octanol–water partition coefficient (Wildman–Crippen LogP) is 3.66. The topological polar surface area (TPSA) is 103 Å². The molecule has 0 bridgehead atoms. The molecule has 0 radical (unpaired) electrons. The molecule has 2 amide bonds. The Hall–Kier alpha value is -3.96. The Bertz CT molecular complexity index is 1660. The SMILES string of the molecule is COc1ccc(Cl)cc1NC(=O)Cn1c(=O)n(-c2ccc(F)cc2)c(=O)c2c(C)c(C(=O)N(C)C)sc21. The zero-order valence-corrected chi connectivity index (χ0v) is 21.9. The summed E-state index contributed by atoms with van der Waals surface area (Å²) in [6, 6.07) is 9.50. The molecule has 0 saturated heterocycles. The molecule has 9 nitrogen and oxygen atoms in total. The number of benzene rings is 2. The first-order valence-electron chi connectivity index (χ1n) is 10.9. The van der Waals surface area contributed by atoms with Gasteiger partial charge in [0.05, 0.1) is 28.7 Å². The molecule has 0 saturated carbocycles. The highest BCUT2D eigenvalue weighted by Crippen LogP contribution is 2.30. The first kappa shape index (κ1) is 26.1. The number of thiophene rings is 1. The minimum absolute atomic E-state index is 0.118. The summed E-state index contributed by atoms with van der Waals surface area (Å²) in [6.45, 7) is 1.12. The molecule has 0 fully saturated rings. The fraction of sp³-hybridized carbons (Fsp3) is 0.200. The summed E-state index contributed by atoms with van der Waals surface area (Å²) in [7, 11) is 4.58. The Morgan fingerprint density at radius 2 is 1.81 bits per heavy atom. The third-order valence-electron chi connectivity index (χ3n) is 5.64. The lowest BCUT2D eigenvalue weighted by Crippen LogP contribution is -2.40. The number of aryl methyl sites for hydroxylation is 1. The molecule has 2 aromatic heterocycles. The van der Waals surface area contributed by atoms with Crippen LogP contribution in [0.4, 0.5) is 10.1 Å². The van der Waals surface area contributed by atoms with Crippen molar-refractivity contribution in [3.8, 4) is 11.4 Å². The van der Waals surface area contributed by atoms with E-state index in [-0.39, 0.29) is 26.7 Å². The molecule has 0 aliphatic rings. The number of aromatic nitrogens is 2. The Labute approximate surface area is 219 Å². The lowest BCUT2D eigenvalue weighted by atomic mass is 10.2. The van der Waals surface area contributed by atoms with Gasteiger partial charge in [-0.25, -0.2) is 13.8 Å². The zero-order valence-electron chi connectivity index (χ0n) is 20.3. The highest BCUT2D eigenvalue weighted by molar-refractivity contribution is 7.20. The van der Waals surface area contributed by atoms with Gasteiger partial charge >= 0.3 is 5.69 Å². The van der Waals surface area contributed by atoms with Crippen LogP contribution in [0, 0.1) is 12.7 Å². The maximum Gasteiger partial charge on any atom is 0.337 e. The van der Waals surface area contributed by atoms with Crippen LogP contribution in [0.5, 0.6) is 5.75 Å². The van der Waals surface area contributed by atoms with Gasteiger partial charge in [0.15, 0.2) is 0 Å². The second-order valence-corrected chi connectivity index (χ2v) is 9.75. The molecule has 1 N–H and O–H groups in total. The fourth-order valence-corrected chi connectivity index (χ4v) is 5.31. The van der Waals surface area contributed by atoms with Crippen LogP contribution in [0.1, 0.15) is 15.2 Å². The van der Waals surface area contributed by atoms with Crippen molar-refractivity contribution in [1.29, 1.82) is 0 Å². The number of amides is 2. The van der Waals surface area contributed by atoms with Crippen LogP contribution in [-0.4, -0.2) is 47.1 Å². The number of carbonyl (C=O) groups excluding carboxylic acids is 2. The Balaban J connectivity index is 1.92. The van der Waals surface area contributed by atoms with Gasteiger partial charge in [0.2, 0.25) is 5.91 Å². The van der Waals surface area contributed by atoms with Crippen LogP contribution in [0.15, 0.2) is 52.1 Å². The van der Waals surface area contributed by atoms with Crippen molar-refractivity contribution < 1.29 is 18.7 Å². The first-order valence-corrected chi connectivity index (χ1v) is 12.1. The number of carbonyl (C=O) groups is 2. The van der Waals surface area contributed by atoms with E-state index in [0.717, 1.165) is 32.6 Å². The van der Waals surface area contributed by atoms with Gasteiger partial charge in [-0.05, 0) is 55.0 Å². The molecule has 4 aromatic rings. The summed E-state index contributed by atoms with van der Waals surface area (Å²) >= 11 is 7.00. The van der Waals surface area contributed by atoms with Crippen LogP contribution in [0.2, 0.25) is 5.02 Å². The Morgan fingerprint density at radius 3 is 2.43 bits per heavy atom. The molecule has 192 valence electrons. The molecular weight excluding hydrogens is 523 g/mol. The third kappa shape index (κ3) is 4.87. The number of hydrogen-bond acceptors (Lipinski definition) is 6. The highest BCUT2D eigenvalue weighted by atomic mass is 35.5. The van der Waals surface area contributed by atoms with Crippen LogP contribution in [0.25, 0.3) is 15.9 Å². The number of anilines is 1. The molecular formula is C25H22ClFN4O5S. The predicted molar refractivity (Wildman–Crippen MR) is 141 cm³/mol. The number of hydrogen-bond donors (Lipinski definition) is 1.